The van der Waals surface area contributed by atoms with Crippen molar-refractivity contribution in [3.63, 3.8) is 0 Å². The van der Waals surface area contributed by atoms with E-state index in [0.717, 1.165) is 17.7 Å². The van der Waals surface area contributed by atoms with E-state index in [1.54, 1.807) is 13.0 Å². The number of aryl methyl sites for hydroxylation is 2. The molecule has 0 saturated heterocycles. The average molecular weight is 334 g/mol. The van der Waals surface area contributed by atoms with Crippen LogP contribution >= 0.6 is 23.2 Å². The van der Waals surface area contributed by atoms with Crippen molar-refractivity contribution in [2.45, 2.75) is 13.8 Å². The molecule has 0 aliphatic rings. The normalized spacial score (nSPS) is 9.81. The van der Waals surface area contributed by atoms with E-state index in [0.29, 0.717) is 10.6 Å². The molecule has 112 valence electrons. The Hall–Kier alpha value is -1.72. The zero-order valence-corrected chi connectivity index (χ0v) is 12.7. The highest BCUT2D eigenvalue weighted by molar-refractivity contribution is 6.31. The van der Waals surface area contributed by atoms with Gasteiger partial charge in [-0.1, -0.05) is 29.3 Å². The van der Waals surface area contributed by atoms with E-state index in [-0.39, 0.29) is 10.8 Å². The van der Waals surface area contributed by atoms with Crippen LogP contribution in [0.4, 0.5) is 14.5 Å². The van der Waals surface area contributed by atoms with Gasteiger partial charge in [-0.25, -0.2) is 4.39 Å². The van der Waals surface area contributed by atoms with Crippen molar-refractivity contribution in [2.75, 3.05) is 0 Å². The minimum Gasteiger partial charge on any atom is -0.258 e. The fourth-order valence-corrected chi connectivity index (χ4v) is 1.67. The van der Waals surface area contributed by atoms with E-state index in [2.05, 4.69) is 0 Å². The lowest BCUT2D eigenvalue weighted by atomic mass is 10.2. The summed E-state index contributed by atoms with van der Waals surface area (Å²) < 4.78 is 25.0. The quantitative estimate of drug-likeness (QED) is 0.512. The van der Waals surface area contributed by atoms with E-state index in [1.165, 1.54) is 12.1 Å². The van der Waals surface area contributed by atoms with Gasteiger partial charge >= 0.3 is 5.69 Å². The number of halogens is 4. The van der Waals surface area contributed by atoms with Crippen molar-refractivity contribution in [2.24, 2.45) is 0 Å². The minimum atomic E-state index is -0.907. The maximum atomic E-state index is 12.8. The Bertz CT molecular complexity index is 678. The van der Waals surface area contributed by atoms with Gasteiger partial charge in [0.25, 0.3) is 0 Å². The number of nitrogens with zero attached hydrogens (tertiary/aromatic N) is 1. The van der Waals surface area contributed by atoms with Crippen molar-refractivity contribution in [3.05, 3.63) is 73.3 Å². The van der Waals surface area contributed by atoms with Gasteiger partial charge in [-0.3, -0.25) is 10.1 Å². The topological polar surface area (TPSA) is 43.1 Å². The summed E-state index contributed by atoms with van der Waals surface area (Å²) in [7, 11) is 0. The van der Waals surface area contributed by atoms with Gasteiger partial charge < -0.3 is 0 Å². The Morgan fingerprint density at radius 1 is 1.00 bits per heavy atom. The number of nitro groups is 1. The standard InChI is InChI=1S/C7H5ClFNO2.C7H6ClF/c1-4-2-7(10(11)12)6(9)3-5(4)8;1-5-2-3-6(9)4-7(5)8/h2-3H,1H3;2-4H,1H3. The lowest BCUT2D eigenvalue weighted by molar-refractivity contribution is -0.387. The molecular formula is C14H11Cl2F2NO2. The molecule has 0 spiro atoms. The van der Waals surface area contributed by atoms with Crippen LogP contribution in [0, 0.1) is 35.6 Å². The highest BCUT2D eigenvalue weighted by Crippen LogP contribution is 2.24. The van der Waals surface area contributed by atoms with Crippen LogP contribution in [0.15, 0.2) is 30.3 Å². The molecule has 3 nitrogen and oxygen atoms in total. The summed E-state index contributed by atoms with van der Waals surface area (Å²) in [6, 6.07) is 6.39. The first-order valence-electron chi connectivity index (χ1n) is 5.74. The van der Waals surface area contributed by atoms with Crippen LogP contribution in [-0.4, -0.2) is 4.92 Å². The molecule has 7 heteroatoms. The van der Waals surface area contributed by atoms with Gasteiger partial charge in [0.2, 0.25) is 5.82 Å². The number of rotatable bonds is 1. The first-order valence-corrected chi connectivity index (χ1v) is 6.49. The van der Waals surface area contributed by atoms with E-state index >= 15 is 0 Å². The van der Waals surface area contributed by atoms with Crippen LogP contribution in [0.2, 0.25) is 10.0 Å². The molecule has 0 atom stereocenters. The molecule has 0 radical (unpaired) electrons. The molecule has 0 unspecified atom stereocenters. The first kappa shape index (κ1) is 17.3. The number of hydrogen-bond donors (Lipinski definition) is 0. The molecule has 0 bridgehead atoms. The fourth-order valence-electron chi connectivity index (χ4n) is 1.35. The highest BCUT2D eigenvalue weighted by Gasteiger charge is 2.15. The molecule has 0 heterocycles. The third-order valence-electron chi connectivity index (χ3n) is 2.56. The van der Waals surface area contributed by atoms with Crippen LogP contribution in [0.1, 0.15) is 11.1 Å². The largest absolute Gasteiger partial charge is 0.305 e. The van der Waals surface area contributed by atoms with Crippen LogP contribution in [0.25, 0.3) is 0 Å². The molecule has 0 saturated carbocycles. The van der Waals surface area contributed by atoms with E-state index in [1.807, 2.05) is 6.92 Å². The predicted octanol–water partition coefficient (Wildman–Crippen LogP) is 5.48. The second-order valence-electron chi connectivity index (χ2n) is 4.20. The van der Waals surface area contributed by atoms with Crippen molar-refractivity contribution in [1.82, 2.24) is 0 Å². The van der Waals surface area contributed by atoms with E-state index < -0.39 is 16.4 Å². The second kappa shape index (κ2) is 7.33. The lowest BCUT2D eigenvalue weighted by Crippen LogP contribution is -1.93. The maximum Gasteiger partial charge on any atom is 0.305 e. The van der Waals surface area contributed by atoms with E-state index in [4.69, 9.17) is 23.2 Å². The molecule has 2 rings (SSSR count). The second-order valence-corrected chi connectivity index (χ2v) is 5.02. The van der Waals surface area contributed by atoms with Crippen LogP contribution < -0.4 is 0 Å². The van der Waals surface area contributed by atoms with Crippen molar-refractivity contribution in [1.29, 1.82) is 0 Å². The molecular weight excluding hydrogens is 323 g/mol. The van der Waals surface area contributed by atoms with Crippen LogP contribution in [0.3, 0.4) is 0 Å². The summed E-state index contributed by atoms with van der Waals surface area (Å²) in [6.07, 6.45) is 0. The monoisotopic (exact) mass is 333 g/mol. The Labute approximate surface area is 130 Å². The van der Waals surface area contributed by atoms with Crippen molar-refractivity contribution < 1.29 is 13.7 Å². The van der Waals surface area contributed by atoms with E-state index in [9.17, 15) is 18.9 Å². The third kappa shape index (κ3) is 4.95. The molecule has 21 heavy (non-hydrogen) atoms. The summed E-state index contributed by atoms with van der Waals surface area (Å²) in [4.78, 5) is 9.43. The number of hydrogen-bond acceptors (Lipinski definition) is 2. The maximum absolute atomic E-state index is 12.8. The summed E-state index contributed by atoms with van der Waals surface area (Å²) in [5.41, 5.74) is 0.847. The summed E-state index contributed by atoms with van der Waals surface area (Å²) >= 11 is 11.1. The van der Waals surface area contributed by atoms with Gasteiger partial charge in [0.05, 0.1) is 4.92 Å². The smallest absolute Gasteiger partial charge is 0.258 e. The van der Waals surface area contributed by atoms with Crippen LogP contribution in [-0.2, 0) is 0 Å². The molecule has 2 aromatic carbocycles. The number of benzene rings is 2. The molecule has 0 aliphatic heterocycles. The van der Waals surface area contributed by atoms with Crippen molar-refractivity contribution in [3.8, 4) is 0 Å². The van der Waals surface area contributed by atoms with Gasteiger partial charge in [0.15, 0.2) is 0 Å². The zero-order chi connectivity index (χ0) is 16.2. The average Bonchev–Trinajstić information content (AvgIpc) is 2.39. The van der Waals surface area contributed by atoms with Gasteiger partial charge in [-0.2, -0.15) is 4.39 Å². The molecule has 0 amide bonds. The van der Waals surface area contributed by atoms with Crippen molar-refractivity contribution >= 4 is 28.9 Å². The minimum absolute atomic E-state index is 0.193. The SMILES string of the molecule is Cc1cc([N+](=O)[O-])c(F)cc1Cl.Cc1ccc(F)cc1Cl. The zero-order valence-electron chi connectivity index (χ0n) is 11.2. The Morgan fingerprint density at radius 2 is 1.57 bits per heavy atom. The molecule has 0 N–H and O–H groups in total. The Morgan fingerprint density at radius 3 is 2.05 bits per heavy atom. The number of nitro benzene ring substituents is 1. The Balaban J connectivity index is 0.000000219. The predicted molar refractivity (Wildman–Crippen MR) is 78.9 cm³/mol. The summed E-state index contributed by atoms with van der Waals surface area (Å²) in [6.45, 7) is 3.41. The van der Waals surface area contributed by atoms with Gasteiger partial charge in [-0.15, -0.1) is 0 Å². The van der Waals surface area contributed by atoms with Crippen LogP contribution in [0.5, 0.6) is 0 Å². The van der Waals surface area contributed by atoms with Gasteiger partial charge in [0.1, 0.15) is 5.82 Å². The van der Waals surface area contributed by atoms with Gasteiger partial charge in [0, 0.05) is 16.1 Å². The third-order valence-corrected chi connectivity index (χ3v) is 3.37. The van der Waals surface area contributed by atoms with Gasteiger partial charge in [-0.05, 0) is 43.2 Å². The molecule has 2 aromatic rings. The molecule has 0 aliphatic carbocycles. The molecule has 0 fully saturated rings. The highest BCUT2D eigenvalue weighted by atomic mass is 35.5. The first-order chi connectivity index (χ1) is 9.72. The summed E-state index contributed by atoms with van der Waals surface area (Å²) in [5, 5.41) is 10.9. The fraction of sp³-hybridized carbons (Fsp3) is 0.143. The molecule has 0 aromatic heterocycles. The Kier molecular flexibility index (Phi) is 6.05. The summed E-state index contributed by atoms with van der Waals surface area (Å²) in [5.74, 6) is -1.19. The lowest BCUT2D eigenvalue weighted by Gasteiger charge is -1.97.